The summed E-state index contributed by atoms with van der Waals surface area (Å²) in [6.45, 7) is 4.87. The van der Waals surface area contributed by atoms with Gasteiger partial charge in [-0.15, -0.1) is 0 Å². The number of fused-ring (bicyclic) bond motifs is 1. The first-order chi connectivity index (χ1) is 15.7. The Bertz CT molecular complexity index is 1260. The number of thioether (sulfide) groups is 1. The maximum Gasteiger partial charge on any atom is 0.238 e. The number of benzene rings is 2. The summed E-state index contributed by atoms with van der Waals surface area (Å²) in [5, 5.41) is 8.41. The Kier molecular flexibility index (Phi) is 7.88. The van der Waals surface area contributed by atoms with Gasteiger partial charge in [-0.1, -0.05) is 24.8 Å². The molecule has 0 saturated heterocycles. The van der Waals surface area contributed by atoms with Gasteiger partial charge in [-0.25, -0.2) is 18.5 Å². The zero-order chi connectivity index (χ0) is 24.2. The van der Waals surface area contributed by atoms with E-state index in [-0.39, 0.29) is 10.8 Å². The number of carbonyl (C=O) groups is 1. The molecule has 9 nitrogen and oxygen atoms in total. The Morgan fingerprint density at radius 3 is 2.55 bits per heavy atom. The highest BCUT2D eigenvalue weighted by Gasteiger charge is 2.20. The molecule has 2 aromatic carbocycles. The average molecular weight is 493 g/mol. The summed E-state index contributed by atoms with van der Waals surface area (Å²) in [5.41, 5.74) is 2.20. The van der Waals surface area contributed by atoms with Gasteiger partial charge in [0.25, 0.3) is 0 Å². The second kappa shape index (κ2) is 10.4. The van der Waals surface area contributed by atoms with Crippen molar-refractivity contribution in [1.29, 1.82) is 0 Å². The van der Waals surface area contributed by atoms with Crippen LogP contribution >= 0.6 is 11.8 Å². The summed E-state index contributed by atoms with van der Waals surface area (Å²) < 4.78 is 35.9. The van der Waals surface area contributed by atoms with Crippen LogP contribution in [0.3, 0.4) is 0 Å². The molecular formula is C22H28N4O5S2. The molecule has 0 aliphatic carbocycles. The average Bonchev–Trinajstić information content (AvgIpc) is 3.13. The highest BCUT2D eigenvalue weighted by atomic mass is 32.2. The largest absolute Gasteiger partial charge is 0.493 e. The van der Waals surface area contributed by atoms with Gasteiger partial charge in [-0.05, 0) is 49.2 Å². The fraction of sp³-hybridized carbons (Fsp3) is 0.364. The number of hydrogen-bond donors (Lipinski definition) is 2. The number of nitrogens with zero attached hydrogens (tertiary/aromatic N) is 2. The van der Waals surface area contributed by atoms with Crippen molar-refractivity contribution in [3.8, 4) is 11.5 Å². The van der Waals surface area contributed by atoms with Crippen LogP contribution in [0.1, 0.15) is 25.8 Å². The standard InChI is InChI=1S/C22H28N4O5S2/c1-5-10-26-18-8-7-16(33(23,28)29)12-17(18)25-22(26)32-14(2)21(27)24-13-15-6-9-19(30-3)20(11-15)31-4/h6-9,11-12,14H,5,10,13H2,1-4H3,(H,24,27)(H2,23,28,29). The number of aryl methyl sites for hydroxylation is 1. The molecule has 0 spiro atoms. The van der Waals surface area contributed by atoms with Gasteiger partial charge in [0.1, 0.15) is 0 Å². The molecule has 1 atom stereocenters. The third kappa shape index (κ3) is 5.79. The summed E-state index contributed by atoms with van der Waals surface area (Å²) in [7, 11) is -0.695. The molecule has 11 heteroatoms. The van der Waals surface area contributed by atoms with Crippen LogP contribution in [-0.2, 0) is 27.9 Å². The quantitative estimate of drug-likeness (QED) is 0.417. The van der Waals surface area contributed by atoms with Crippen LogP contribution in [-0.4, -0.2) is 43.3 Å². The first kappa shape index (κ1) is 24.9. The van der Waals surface area contributed by atoms with Gasteiger partial charge < -0.3 is 19.4 Å². The minimum atomic E-state index is -3.83. The lowest BCUT2D eigenvalue weighted by atomic mass is 10.2. The minimum absolute atomic E-state index is 0.00779. The number of imidazole rings is 1. The normalized spacial score (nSPS) is 12.5. The highest BCUT2D eigenvalue weighted by molar-refractivity contribution is 8.00. The van der Waals surface area contributed by atoms with E-state index in [0.717, 1.165) is 17.5 Å². The van der Waals surface area contributed by atoms with Gasteiger partial charge in [0.15, 0.2) is 16.7 Å². The predicted molar refractivity (Wildman–Crippen MR) is 128 cm³/mol. The van der Waals surface area contributed by atoms with E-state index in [9.17, 15) is 13.2 Å². The third-order valence-corrected chi connectivity index (χ3v) is 7.03. The van der Waals surface area contributed by atoms with Crippen molar-refractivity contribution >= 4 is 38.7 Å². The molecule has 0 bridgehead atoms. The number of primary sulfonamides is 1. The Morgan fingerprint density at radius 2 is 1.91 bits per heavy atom. The van der Waals surface area contributed by atoms with Crippen molar-refractivity contribution in [3.05, 3.63) is 42.0 Å². The van der Waals surface area contributed by atoms with E-state index in [2.05, 4.69) is 10.3 Å². The topological polar surface area (TPSA) is 126 Å². The SMILES string of the molecule is CCCn1c(SC(C)C(=O)NCc2ccc(OC)c(OC)c2)nc2cc(S(N)(=O)=O)ccc21. The van der Waals surface area contributed by atoms with Gasteiger partial charge >= 0.3 is 0 Å². The van der Waals surface area contributed by atoms with Crippen LogP contribution in [0.5, 0.6) is 11.5 Å². The maximum absolute atomic E-state index is 12.7. The van der Waals surface area contributed by atoms with Crippen molar-refractivity contribution in [3.63, 3.8) is 0 Å². The third-order valence-electron chi connectivity index (χ3n) is 5.03. The first-order valence-electron chi connectivity index (χ1n) is 10.4. The summed E-state index contributed by atoms with van der Waals surface area (Å²) in [6, 6.07) is 10.1. The zero-order valence-electron chi connectivity index (χ0n) is 19.0. The lowest BCUT2D eigenvalue weighted by molar-refractivity contribution is -0.120. The molecule has 3 rings (SSSR count). The highest BCUT2D eigenvalue weighted by Crippen LogP contribution is 2.30. The molecule has 0 fully saturated rings. The number of amides is 1. The van der Waals surface area contributed by atoms with Crippen molar-refractivity contribution in [1.82, 2.24) is 14.9 Å². The number of carbonyl (C=O) groups excluding carboxylic acids is 1. The molecule has 0 saturated carbocycles. The van der Waals surface area contributed by atoms with E-state index in [1.165, 1.54) is 23.9 Å². The van der Waals surface area contributed by atoms with Crippen LogP contribution in [0.4, 0.5) is 0 Å². The second-order valence-corrected chi connectivity index (χ2v) is 10.3. The number of nitrogens with two attached hydrogens (primary N) is 1. The Labute approximate surface area is 197 Å². The summed E-state index contributed by atoms with van der Waals surface area (Å²) >= 11 is 1.32. The lowest BCUT2D eigenvalue weighted by Gasteiger charge is -2.14. The summed E-state index contributed by atoms with van der Waals surface area (Å²) in [5.74, 6) is 1.07. The van der Waals surface area contributed by atoms with E-state index < -0.39 is 15.3 Å². The molecule has 1 heterocycles. The molecule has 0 aliphatic rings. The molecule has 3 aromatic rings. The summed E-state index contributed by atoms with van der Waals surface area (Å²) in [6.07, 6.45) is 0.857. The smallest absolute Gasteiger partial charge is 0.238 e. The lowest BCUT2D eigenvalue weighted by Crippen LogP contribution is -2.30. The van der Waals surface area contributed by atoms with Crippen LogP contribution in [0.25, 0.3) is 11.0 Å². The van der Waals surface area contributed by atoms with Crippen molar-refractivity contribution < 1.29 is 22.7 Å². The van der Waals surface area contributed by atoms with Crippen LogP contribution in [0.2, 0.25) is 0 Å². The zero-order valence-corrected chi connectivity index (χ0v) is 20.6. The molecule has 178 valence electrons. The van der Waals surface area contributed by atoms with Crippen LogP contribution < -0.4 is 19.9 Å². The van der Waals surface area contributed by atoms with Crippen molar-refractivity contribution in [2.75, 3.05) is 14.2 Å². The van der Waals surface area contributed by atoms with Crippen LogP contribution in [0, 0.1) is 0 Å². The van der Waals surface area contributed by atoms with E-state index >= 15 is 0 Å². The Balaban J connectivity index is 1.75. The molecule has 1 aromatic heterocycles. The predicted octanol–water partition coefficient (Wildman–Crippen LogP) is 2.91. The molecule has 33 heavy (non-hydrogen) atoms. The number of nitrogens with one attached hydrogen (secondary N) is 1. The Hall–Kier alpha value is -2.76. The molecule has 3 N–H and O–H groups in total. The summed E-state index contributed by atoms with van der Waals surface area (Å²) in [4.78, 5) is 17.3. The molecule has 0 radical (unpaired) electrons. The van der Waals surface area contributed by atoms with E-state index in [0.29, 0.717) is 35.3 Å². The number of aromatic nitrogens is 2. The monoisotopic (exact) mass is 492 g/mol. The van der Waals surface area contributed by atoms with E-state index in [4.69, 9.17) is 14.6 Å². The van der Waals surface area contributed by atoms with Gasteiger partial charge in [-0.2, -0.15) is 0 Å². The van der Waals surface area contributed by atoms with Gasteiger partial charge in [0.2, 0.25) is 15.9 Å². The number of hydrogen-bond acceptors (Lipinski definition) is 7. The number of ether oxygens (including phenoxy) is 2. The molecule has 1 amide bonds. The van der Waals surface area contributed by atoms with Gasteiger partial charge in [0.05, 0.1) is 35.4 Å². The van der Waals surface area contributed by atoms with E-state index in [1.807, 2.05) is 23.6 Å². The van der Waals surface area contributed by atoms with Gasteiger partial charge in [-0.3, -0.25) is 4.79 Å². The maximum atomic E-state index is 12.7. The molecule has 1 unspecified atom stereocenters. The number of methoxy groups -OCH3 is 2. The molecule has 0 aliphatic heterocycles. The second-order valence-electron chi connectivity index (χ2n) is 7.41. The fourth-order valence-corrected chi connectivity index (χ4v) is 4.84. The minimum Gasteiger partial charge on any atom is -0.493 e. The first-order valence-corrected chi connectivity index (χ1v) is 12.8. The fourth-order valence-electron chi connectivity index (χ4n) is 3.33. The number of rotatable bonds is 10. The Morgan fingerprint density at radius 1 is 1.18 bits per heavy atom. The van der Waals surface area contributed by atoms with Crippen LogP contribution in [0.15, 0.2) is 46.5 Å². The van der Waals surface area contributed by atoms with Gasteiger partial charge in [0, 0.05) is 13.1 Å². The number of sulfonamides is 1. The molecular weight excluding hydrogens is 464 g/mol. The van der Waals surface area contributed by atoms with Crippen molar-refractivity contribution in [2.45, 2.75) is 48.7 Å². The van der Waals surface area contributed by atoms with Crippen molar-refractivity contribution in [2.24, 2.45) is 5.14 Å². The van der Waals surface area contributed by atoms with E-state index in [1.54, 1.807) is 33.3 Å².